The molecule has 0 saturated carbocycles. The fourth-order valence-corrected chi connectivity index (χ4v) is 3.76. The first-order chi connectivity index (χ1) is 17.5. The predicted molar refractivity (Wildman–Crippen MR) is 122 cm³/mol. The van der Waals surface area contributed by atoms with Crippen LogP contribution in [0.3, 0.4) is 0 Å². The van der Waals surface area contributed by atoms with Crippen LogP contribution in [0.4, 0.5) is 5.95 Å². The Hall–Kier alpha value is -4.14. The van der Waals surface area contributed by atoms with Crippen LogP contribution >= 0.6 is 0 Å². The highest BCUT2D eigenvalue weighted by Crippen LogP contribution is 2.36. The molecule has 1 amide bonds. The van der Waals surface area contributed by atoms with Crippen molar-refractivity contribution in [1.29, 1.82) is 0 Å². The number of nitrogens with one attached hydrogen (secondary N) is 1. The highest BCUT2D eigenvalue weighted by Gasteiger charge is 2.51. The molecular formula is C22H27N5O10. The largest absolute Gasteiger partial charge is 0.466 e. The van der Waals surface area contributed by atoms with Gasteiger partial charge in [0.05, 0.1) is 25.0 Å². The molecule has 0 aliphatic carbocycles. The van der Waals surface area contributed by atoms with Gasteiger partial charge in [0.25, 0.3) is 0 Å². The van der Waals surface area contributed by atoms with Gasteiger partial charge in [-0.3, -0.25) is 33.9 Å². The van der Waals surface area contributed by atoms with Crippen molar-refractivity contribution in [3.8, 4) is 0 Å². The Kier molecular flexibility index (Phi) is 8.70. The van der Waals surface area contributed by atoms with Gasteiger partial charge in [-0.25, -0.2) is 9.97 Å². The summed E-state index contributed by atoms with van der Waals surface area (Å²) >= 11 is 0. The summed E-state index contributed by atoms with van der Waals surface area (Å²) < 4.78 is 28.3. The minimum atomic E-state index is -1.19. The van der Waals surface area contributed by atoms with Crippen LogP contribution in [0.5, 0.6) is 0 Å². The molecule has 3 rings (SSSR count). The van der Waals surface area contributed by atoms with Gasteiger partial charge < -0.3 is 23.7 Å². The number of amides is 1. The third-order valence-electron chi connectivity index (χ3n) is 5.01. The number of rotatable bonds is 9. The molecular weight excluding hydrogens is 494 g/mol. The van der Waals surface area contributed by atoms with E-state index in [1.165, 1.54) is 38.6 Å². The standard InChI is InChI=1S/C22H27N5O10/c1-6-33-16(32)7-14-17-20(26-22(25-14)24-10(2)28)27(9-23-17)21-19(36-13(5)31)18(35-12(4)30)15(37-21)8-34-11(3)29/h9,15,18-19,21H,6-8H2,1-5H3,(H,24,25,26,28)/t15-,18-,19-,21-/m1/s1. The highest BCUT2D eigenvalue weighted by atomic mass is 16.7. The average Bonchev–Trinajstić information content (AvgIpc) is 3.33. The van der Waals surface area contributed by atoms with E-state index in [-0.39, 0.29) is 42.4 Å². The molecule has 1 fully saturated rings. The van der Waals surface area contributed by atoms with Crippen molar-refractivity contribution in [3.63, 3.8) is 0 Å². The van der Waals surface area contributed by atoms with Crippen molar-refractivity contribution < 1.29 is 47.7 Å². The molecule has 15 heteroatoms. The number of nitrogens with zero attached hydrogens (tertiary/aromatic N) is 4. The van der Waals surface area contributed by atoms with Gasteiger partial charge in [0, 0.05) is 27.7 Å². The number of aromatic nitrogens is 4. The zero-order chi connectivity index (χ0) is 27.3. The fourth-order valence-electron chi connectivity index (χ4n) is 3.76. The first-order valence-electron chi connectivity index (χ1n) is 11.3. The van der Waals surface area contributed by atoms with Gasteiger partial charge in [-0.2, -0.15) is 4.98 Å². The molecule has 0 bridgehead atoms. The minimum absolute atomic E-state index is 0.115. The summed E-state index contributed by atoms with van der Waals surface area (Å²) in [6.45, 7) is 6.31. The van der Waals surface area contributed by atoms with Gasteiger partial charge in [-0.05, 0) is 6.92 Å². The number of esters is 4. The summed E-state index contributed by atoms with van der Waals surface area (Å²) in [6, 6.07) is 0. The number of ether oxygens (including phenoxy) is 5. The second-order valence-corrected chi connectivity index (χ2v) is 8.00. The summed E-state index contributed by atoms with van der Waals surface area (Å²) in [6.07, 6.45) is -3.43. The lowest BCUT2D eigenvalue weighted by Crippen LogP contribution is -2.40. The summed E-state index contributed by atoms with van der Waals surface area (Å²) in [5.41, 5.74) is 0.482. The quantitative estimate of drug-likeness (QED) is 0.349. The van der Waals surface area contributed by atoms with Crippen LogP contribution in [-0.2, 0) is 54.1 Å². The molecule has 0 aromatic carbocycles. The molecule has 1 saturated heterocycles. The van der Waals surface area contributed by atoms with E-state index in [2.05, 4.69) is 20.3 Å². The SMILES string of the molecule is CCOC(=O)Cc1nc(NC(C)=O)nc2c1ncn2[C@@H]1O[C@H](COC(C)=O)[C@@H](OC(C)=O)[C@H]1OC(C)=O. The van der Waals surface area contributed by atoms with E-state index < -0.39 is 54.3 Å². The van der Waals surface area contributed by atoms with E-state index in [1.54, 1.807) is 6.92 Å². The third kappa shape index (κ3) is 6.75. The zero-order valence-electron chi connectivity index (χ0n) is 20.9. The normalized spacial score (nSPS) is 20.8. The maximum Gasteiger partial charge on any atom is 0.311 e. The molecule has 0 spiro atoms. The molecule has 1 aliphatic rings. The molecule has 15 nitrogen and oxygen atoms in total. The maximum absolute atomic E-state index is 12.2. The predicted octanol–water partition coefficient (Wildman–Crippen LogP) is 0.214. The molecule has 2 aromatic rings. The molecule has 2 aromatic heterocycles. The summed E-state index contributed by atoms with van der Waals surface area (Å²) in [5.74, 6) is -3.11. The van der Waals surface area contributed by atoms with Crippen molar-refractivity contribution in [2.45, 2.75) is 65.6 Å². The number of carbonyl (C=O) groups is 5. The van der Waals surface area contributed by atoms with Crippen LogP contribution in [0.25, 0.3) is 11.2 Å². The lowest BCUT2D eigenvalue weighted by Gasteiger charge is -2.23. The molecule has 4 atom stereocenters. The van der Waals surface area contributed by atoms with E-state index in [9.17, 15) is 24.0 Å². The van der Waals surface area contributed by atoms with Gasteiger partial charge in [0.1, 0.15) is 18.2 Å². The highest BCUT2D eigenvalue weighted by molar-refractivity contribution is 5.88. The first-order valence-corrected chi connectivity index (χ1v) is 11.3. The molecule has 0 unspecified atom stereocenters. The lowest BCUT2D eigenvalue weighted by atomic mass is 10.1. The molecule has 200 valence electrons. The van der Waals surface area contributed by atoms with Crippen molar-refractivity contribution in [2.24, 2.45) is 0 Å². The lowest BCUT2D eigenvalue weighted by molar-refractivity contribution is -0.166. The molecule has 0 radical (unpaired) electrons. The second-order valence-electron chi connectivity index (χ2n) is 8.00. The number of carbonyl (C=O) groups excluding carboxylic acids is 5. The van der Waals surface area contributed by atoms with Crippen molar-refractivity contribution in [1.82, 2.24) is 19.5 Å². The Morgan fingerprint density at radius 3 is 2.24 bits per heavy atom. The van der Waals surface area contributed by atoms with E-state index in [0.29, 0.717) is 0 Å². The van der Waals surface area contributed by atoms with E-state index in [4.69, 9.17) is 23.7 Å². The second kappa shape index (κ2) is 11.7. The molecule has 1 N–H and O–H groups in total. The van der Waals surface area contributed by atoms with Crippen LogP contribution < -0.4 is 5.32 Å². The monoisotopic (exact) mass is 521 g/mol. The van der Waals surface area contributed by atoms with Crippen LogP contribution in [0.15, 0.2) is 6.33 Å². The van der Waals surface area contributed by atoms with E-state index in [1.807, 2.05) is 0 Å². The van der Waals surface area contributed by atoms with Gasteiger partial charge in [-0.1, -0.05) is 0 Å². The number of hydrogen-bond donors (Lipinski definition) is 1. The van der Waals surface area contributed by atoms with Gasteiger partial charge >= 0.3 is 23.9 Å². The van der Waals surface area contributed by atoms with E-state index >= 15 is 0 Å². The first kappa shape index (κ1) is 27.4. The minimum Gasteiger partial charge on any atom is -0.466 e. The third-order valence-corrected chi connectivity index (χ3v) is 5.01. The maximum atomic E-state index is 12.2. The van der Waals surface area contributed by atoms with Crippen LogP contribution in [0.1, 0.15) is 46.5 Å². The van der Waals surface area contributed by atoms with Gasteiger partial charge in [0.15, 0.2) is 24.1 Å². The summed E-state index contributed by atoms with van der Waals surface area (Å²) in [4.78, 5) is 71.8. The Labute approximate surface area is 210 Å². The topological polar surface area (TPSA) is 187 Å². The smallest absolute Gasteiger partial charge is 0.311 e. The number of imidazole rings is 1. The number of hydrogen-bond acceptors (Lipinski definition) is 13. The Morgan fingerprint density at radius 1 is 0.973 bits per heavy atom. The van der Waals surface area contributed by atoms with Crippen LogP contribution in [0, 0.1) is 0 Å². The summed E-state index contributed by atoms with van der Waals surface area (Å²) in [7, 11) is 0. The average molecular weight is 521 g/mol. The number of anilines is 1. The van der Waals surface area contributed by atoms with Crippen molar-refractivity contribution in [2.75, 3.05) is 18.5 Å². The van der Waals surface area contributed by atoms with Crippen LogP contribution in [0.2, 0.25) is 0 Å². The Bertz CT molecular complexity index is 1210. The van der Waals surface area contributed by atoms with E-state index in [0.717, 1.165) is 0 Å². The zero-order valence-corrected chi connectivity index (χ0v) is 20.9. The molecule has 37 heavy (non-hydrogen) atoms. The molecule has 3 heterocycles. The van der Waals surface area contributed by atoms with Crippen molar-refractivity contribution >= 4 is 46.9 Å². The summed E-state index contributed by atoms with van der Waals surface area (Å²) in [5, 5.41) is 2.46. The van der Waals surface area contributed by atoms with Crippen LogP contribution in [-0.4, -0.2) is 80.8 Å². The fraction of sp³-hybridized carbons (Fsp3) is 0.545. The molecule has 1 aliphatic heterocycles. The van der Waals surface area contributed by atoms with Gasteiger partial charge in [-0.15, -0.1) is 0 Å². The Balaban J connectivity index is 2.11. The Morgan fingerprint density at radius 2 is 1.65 bits per heavy atom. The number of fused-ring (bicyclic) bond motifs is 1. The van der Waals surface area contributed by atoms with Gasteiger partial charge in [0.2, 0.25) is 11.9 Å². The van der Waals surface area contributed by atoms with Crippen molar-refractivity contribution in [3.05, 3.63) is 12.0 Å².